The van der Waals surface area contributed by atoms with Crippen LogP contribution in [-0.4, -0.2) is 119 Å². The number of pyridine rings is 1. The van der Waals surface area contributed by atoms with E-state index in [0.717, 1.165) is 47.0 Å². The molecule has 0 N–H and O–H groups in total. The SMILES string of the molecule is Cc1cc(N2CCC(N(C)N3C(=O)CN(S(=O)(=O)c4ccc5cc(Cl)ccc5c4)CC3C(=O)N3CCS(=O)CC3)CC2)ccn1. The van der Waals surface area contributed by atoms with E-state index in [1.54, 1.807) is 41.4 Å². The molecule has 0 aliphatic carbocycles. The minimum absolute atomic E-state index is 0.0206. The van der Waals surface area contributed by atoms with Crippen LogP contribution in [0.25, 0.3) is 10.8 Å². The number of sulfonamides is 1. The predicted molar refractivity (Wildman–Crippen MR) is 175 cm³/mol. The monoisotopic (exact) mass is 672 g/mol. The van der Waals surface area contributed by atoms with Gasteiger partial charge in [0.1, 0.15) is 6.04 Å². The maximum Gasteiger partial charge on any atom is 0.252 e. The van der Waals surface area contributed by atoms with Gasteiger partial charge in [-0.2, -0.15) is 4.31 Å². The standard InChI is InChI=1S/C31H37ClN6O5S2/c1-22-17-27(7-10-33-22)35-11-8-26(9-12-35)34(2)38-29(31(40)36-13-15-44(41)16-14-36)20-37(21-30(38)39)45(42,43)28-6-4-23-18-25(32)5-3-24(23)19-28/h3-7,10,17-19,26,29H,8-9,11-16,20-21H2,1-2H3. The van der Waals surface area contributed by atoms with Crippen molar-refractivity contribution < 1.29 is 22.2 Å². The van der Waals surface area contributed by atoms with Crippen molar-refractivity contribution in [2.24, 2.45) is 0 Å². The fraction of sp³-hybridized carbons (Fsp3) is 0.452. The van der Waals surface area contributed by atoms with Crippen LogP contribution in [0, 0.1) is 6.92 Å². The van der Waals surface area contributed by atoms with Gasteiger partial charge in [-0.3, -0.25) is 23.8 Å². The van der Waals surface area contributed by atoms with E-state index < -0.39 is 32.8 Å². The first kappa shape index (κ1) is 31.9. The number of hydrogen-bond donors (Lipinski definition) is 0. The van der Waals surface area contributed by atoms with Crippen molar-refractivity contribution in [3.05, 3.63) is 65.4 Å². The van der Waals surface area contributed by atoms with E-state index in [2.05, 4.69) is 16.0 Å². The molecule has 1 unspecified atom stereocenters. The molecule has 4 heterocycles. The van der Waals surface area contributed by atoms with Crippen LogP contribution in [0.2, 0.25) is 5.02 Å². The van der Waals surface area contributed by atoms with Crippen LogP contribution in [0.4, 0.5) is 5.69 Å². The summed E-state index contributed by atoms with van der Waals surface area (Å²) in [5.41, 5.74) is 2.05. The highest BCUT2D eigenvalue weighted by Crippen LogP contribution is 2.29. The molecule has 14 heteroatoms. The highest BCUT2D eigenvalue weighted by atomic mass is 35.5. The number of benzene rings is 2. The zero-order chi connectivity index (χ0) is 31.9. The molecule has 3 aliphatic heterocycles. The lowest BCUT2D eigenvalue weighted by Crippen LogP contribution is -2.68. The van der Waals surface area contributed by atoms with Crippen molar-refractivity contribution in [2.45, 2.75) is 36.7 Å². The number of anilines is 1. The lowest BCUT2D eigenvalue weighted by molar-refractivity contribution is -0.174. The number of carbonyl (C=O) groups excluding carboxylic acids is 2. The molecule has 45 heavy (non-hydrogen) atoms. The summed E-state index contributed by atoms with van der Waals surface area (Å²) in [5, 5.41) is 5.38. The van der Waals surface area contributed by atoms with Crippen LogP contribution in [0.3, 0.4) is 0 Å². The van der Waals surface area contributed by atoms with E-state index in [0.29, 0.717) is 35.0 Å². The van der Waals surface area contributed by atoms with E-state index in [1.807, 2.05) is 25.0 Å². The topological polar surface area (TPSA) is 114 Å². The summed E-state index contributed by atoms with van der Waals surface area (Å²) in [7, 11) is -3.30. The molecule has 0 saturated carbocycles. The van der Waals surface area contributed by atoms with Crippen molar-refractivity contribution >= 4 is 60.7 Å². The first-order valence-electron chi connectivity index (χ1n) is 15.1. The maximum atomic E-state index is 14.0. The van der Waals surface area contributed by atoms with E-state index in [4.69, 9.17) is 11.6 Å². The van der Waals surface area contributed by atoms with E-state index in [-0.39, 0.29) is 29.9 Å². The first-order valence-corrected chi connectivity index (χ1v) is 18.4. The fourth-order valence-electron chi connectivity index (χ4n) is 6.47. The third-order valence-electron chi connectivity index (χ3n) is 9.00. The second-order valence-corrected chi connectivity index (χ2v) is 15.9. The molecule has 2 amide bonds. The van der Waals surface area contributed by atoms with Crippen molar-refractivity contribution in [1.29, 1.82) is 0 Å². The summed E-state index contributed by atoms with van der Waals surface area (Å²) in [6.45, 7) is 3.55. The Morgan fingerprint density at radius 2 is 1.69 bits per heavy atom. The van der Waals surface area contributed by atoms with Gasteiger partial charge in [0.15, 0.2) is 0 Å². The molecule has 0 bridgehead atoms. The maximum absolute atomic E-state index is 14.0. The van der Waals surface area contributed by atoms with E-state index in [9.17, 15) is 22.2 Å². The summed E-state index contributed by atoms with van der Waals surface area (Å²) in [6.07, 6.45) is 3.32. The number of hydrogen-bond acceptors (Lipinski definition) is 8. The number of rotatable bonds is 6. The molecule has 2 aromatic carbocycles. The van der Waals surface area contributed by atoms with Gasteiger partial charge in [-0.05, 0) is 66.9 Å². The Morgan fingerprint density at radius 3 is 2.40 bits per heavy atom. The largest absolute Gasteiger partial charge is 0.371 e. The average molecular weight is 673 g/mol. The third-order valence-corrected chi connectivity index (χ3v) is 12.3. The second-order valence-electron chi connectivity index (χ2n) is 11.8. The number of amides is 2. The molecule has 3 fully saturated rings. The Hall–Kier alpha value is -3.10. The molecular formula is C31H37ClN6O5S2. The number of hydrazine groups is 1. The lowest BCUT2D eigenvalue weighted by Gasteiger charge is -2.49. The van der Waals surface area contributed by atoms with Gasteiger partial charge in [0, 0.05) is 90.7 Å². The Morgan fingerprint density at radius 1 is 1.00 bits per heavy atom. The van der Waals surface area contributed by atoms with Gasteiger partial charge >= 0.3 is 0 Å². The number of piperazine rings is 1. The van der Waals surface area contributed by atoms with Crippen LogP contribution < -0.4 is 4.90 Å². The molecule has 0 spiro atoms. The number of nitrogens with zero attached hydrogens (tertiary/aromatic N) is 6. The van der Waals surface area contributed by atoms with Crippen LogP contribution in [0.5, 0.6) is 0 Å². The number of piperidine rings is 1. The molecule has 3 saturated heterocycles. The van der Waals surface area contributed by atoms with Gasteiger partial charge < -0.3 is 9.80 Å². The van der Waals surface area contributed by atoms with Gasteiger partial charge in [-0.25, -0.2) is 13.4 Å². The Bertz CT molecular complexity index is 1740. The van der Waals surface area contributed by atoms with E-state index in [1.165, 1.54) is 11.1 Å². The highest BCUT2D eigenvalue weighted by Gasteiger charge is 2.46. The molecule has 0 radical (unpaired) electrons. The highest BCUT2D eigenvalue weighted by molar-refractivity contribution is 7.89. The summed E-state index contributed by atoms with van der Waals surface area (Å²) in [4.78, 5) is 36.2. The Balaban J connectivity index is 1.25. The van der Waals surface area contributed by atoms with Crippen LogP contribution in [-0.2, 0) is 30.4 Å². The van der Waals surface area contributed by atoms with Crippen LogP contribution in [0.1, 0.15) is 18.5 Å². The van der Waals surface area contributed by atoms with Gasteiger partial charge in [0.25, 0.3) is 5.91 Å². The molecule has 3 aromatic rings. The summed E-state index contributed by atoms with van der Waals surface area (Å²) >= 11 is 6.11. The number of halogens is 1. The van der Waals surface area contributed by atoms with Crippen molar-refractivity contribution in [3.8, 4) is 0 Å². The predicted octanol–water partition coefficient (Wildman–Crippen LogP) is 2.50. The van der Waals surface area contributed by atoms with Crippen molar-refractivity contribution in [1.82, 2.24) is 24.2 Å². The molecular weight excluding hydrogens is 636 g/mol. The van der Waals surface area contributed by atoms with Gasteiger partial charge in [-0.1, -0.05) is 23.7 Å². The average Bonchev–Trinajstić information content (AvgIpc) is 3.04. The molecule has 1 atom stereocenters. The number of aromatic nitrogens is 1. The molecule has 6 rings (SSSR count). The lowest BCUT2D eigenvalue weighted by atomic mass is 10.0. The summed E-state index contributed by atoms with van der Waals surface area (Å²) < 4.78 is 41.0. The van der Waals surface area contributed by atoms with Gasteiger partial charge in [-0.15, -0.1) is 0 Å². The molecule has 11 nitrogen and oxygen atoms in total. The summed E-state index contributed by atoms with van der Waals surface area (Å²) in [5.74, 6) is -0.0629. The van der Waals surface area contributed by atoms with Crippen LogP contribution in [0.15, 0.2) is 59.6 Å². The quantitative estimate of drug-likeness (QED) is 0.393. The second kappa shape index (κ2) is 13.0. The normalized spacial score (nSPS) is 21.2. The first-order chi connectivity index (χ1) is 21.5. The van der Waals surface area contributed by atoms with Gasteiger partial charge in [0.2, 0.25) is 15.9 Å². The molecule has 3 aliphatic rings. The van der Waals surface area contributed by atoms with Crippen molar-refractivity contribution in [2.75, 3.05) is 62.7 Å². The minimum atomic E-state index is -4.11. The Kier molecular flexibility index (Phi) is 9.17. The Labute approximate surface area is 271 Å². The minimum Gasteiger partial charge on any atom is -0.371 e. The number of aryl methyl sites for hydroxylation is 1. The smallest absolute Gasteiger partial charge is 0.252 e. The fourth-order valence-corrected chi connectivity index (χ4v) is 9.13. The summed E-state index contributed by atoms with van der Waals surface area (Å²) in [6, 6.07) is 13.0. The van der Waals surface area contributed by atoms with Gasteiger partial charge in [0.05, 0.1) is 11.4 Å². The number of fused-ring (bicyclic) bond motifs is 1. The molecule has 240 valence electrons. The molecule has 1 aromatic heterocycles. The third kappa shape index (κ3) is 6.59. The van der Waals surface area contributed by atoms with Crippen LogP contribution >= 0.6 is 11.6 Å². The number of carbonyl (C=O) groups is 2. The van der Waals surface area contributed by atoms with E-state index >= 15 is 0 Å². The zero-order valence-electron chi connectivity index (χ0n) is 25.3. The zero-order valence-corrected chi connectivity index (χ0v) is 27.7. The van der Waals surface area contributed by atoms with Crippen molar-refractivity contribution in [3.63, 3.8) is 0 Å².